The number of aromatic nitrogens is 2. The van der Waals surface area contributed by atoms with E-state index in [-0.39, 0.29) is 19.0 Å². The number of hydrogen-bond donors (Lipinski definition) is 3. The Kier molecular flexibility index (Phi) is 2.69. The van der Waals surface area contributed by atoms with E-state index >= 15 is 0 Å². The van der Waals surface area contributed by atoms with Crippen molar-refractivity contribution in [1.29, 1.82) is 0 Å². The second-order valence-electron chi connectivity index (χ2n) is 4.15. The Morgan fingerprint density at radius 3 is 2.38 bits per heavy atom. The van der Waals surface area contributed by atoms with Crippen LogP contribution in [0.5, 0.6) is 0 Å². The predicted octanol–water partition coefficient (Wildman–Crippen LogP) is -0.796. The summed E-state index contributed by atoms with van der Waals surface area (Å²) in [7, 11) is 0. The van der Waals surface area contributed by atoms with Crippen LogP contribution in [-0.4, -0.2) is 56.5 Å². The molecule has 2 unspecified atom stereocenters. The molecule has 1 saturated heterocycles. The highest BCUT2D eigenvalue weighted by Crippen LogP contribution is 2.17. The van der Waals surface area contributed by atoms with Crippen molar-refractivity contribution in [3.8, 4) is 0 Å². The monoisotopic (exact) mass is 225 g/mol. The van der Waals surface area contributed by atoms with Crippen LogP contribution in [0.3, 0.4) is 0 Å². The molecule has 1 aromatic heterocycles. The second-order valence-corrected chi connectivity index (χ2v) is 4.15. The lowest BCUT2D eigenvalue weighted by molar-refractivity contribution is 0.0572. The average Bonchev–Trinajstić information content (AvgIpc) is 2.72. The normalized spacial score (nSPS) is 25.1. The number of amides is 1. The molecule has 1 aromatic rings. The predicted molar refractivity (Wildman–Crippen MR) is 56.0 cm³/mol. The van der Waals surface area contributed by atoms with Crippen molar-refractivity contribution in [2.75, 3.05) is 13.1 Å². The molecule has 0 radical (unpaired) electrons. The number of carbonyl (C=O) groups is 1. The van der Waals surface area contributed by atoms with E-state index in [0.29, 0.717) is 17.0 Å². The van der Waals surface area contributed by atoms with E-state index in [0.717, 1.165) is 0 Å². The molecular weight excluding hydrogens is 210 g/mol. The number of likely N-dealkylation sites (tertiary alicyclic amines) is 1. The zero-order valence-electron chi connectivity index (χ0n) is 9.27. The van der Waals surface area contributed by atoms with Gasteiger partial charge in [-0.1, -0.05) is 0 Å². The molecule has 0 aromatic carbocycles. The van der Waals surface area contributed by atoms with E-state index < -0.39 is 12.2 Å². The second kappa shape index (κ2) is 3.88. The van der Waals surface area contributed by atoms with Crippen LogP contribution in [0.25, 0.3) is 0 Å². The van der Waals surface area contributed by atoms with Crippen molar-refractivity contribution < 1.29 is 15.0 Å². The smallest absolute Gasteiger partial charge is 0.257 e. The van der Waals surface area contributed by atoms with Crippen molar-refractivity contribution in [3.63, 3.8) is 0 Å². The molecule has 0 bridgehead atoms. The molecule has 2 heterocycles. The maximum Gasteiger partial charge on any atom is 0.257 e. The fraction of sp³-hybridized carbons (Fsp3) is 0.600. The number of aryl methyl sites for hydroxylation is 2. The first-order chi connectivity index (χ1) is 7.50. The van der Waals surface area contributed by atoms with Crippen LogP contribution >= 0.6 is 0 Å². The standard InChI is InChI=1S/C10H15N3O3/c1-5-9(6(2)12-11-5)10(16)13-3-7(14)8(15)4-13/h7-8,14-15H,3-4H2,1-2H3,(H,11,12). The summed E-state index contributed by atoms with van der Waals surface area (Å²) in [5, 5.41) is 25.5. The van der Waals surface area contributed by atoms with Gasteiger partial charge in [-0.05, 0) is 13.8 Å². The fourth-order valence-electron chi connectivity index (χ4n) is 1.96. The van der Waals surface area contributed by atoms with Gasteiger partial charge in [-0.15, -0.1) is 0 Å². The number of rotatable bonds is 1. The van der Waals surface area contributed by atoms with Crippen LogP contribution in [0.15, 0.2) is 0 Å². The summed E-state index contributed by atoms with van der Waals surface area (Å²) in [6.45, 7) is 3.87. The maximum atomic E-state index is 12.1. The van der Waals surface area contributed by atoms with Crippen molar-refractivity contribution in [2.45, 2.75) is 26.1 Å². The minimum Gasteiger partial charge on any atom is -0.388 e. The molecule has 1 aliphatic heterocycles. The van der Waals surface area contributed by atoms with Crippen molar-refractivity contribution in [2.24, 2.45) is 0 Å². The molecule has 0 saturated carbocycles. The summed E-state index contributed by atoms with van der Waals surface area (Å²) < 4.78 is 0. The molecule has 3 N–H and O–H groups in total. The molecule has 0 aliphatic carbocycles. The number of carbonyl (C=O) groups excluding carboxylic acids is 1. The Labute approximate surface area is 92.9 Å². The lowest BCUT2D eigenvalue weighted by atomic mass is 10.2. The summed E-state index contributed by atoms with van der Waals surface area (Å²) in [5.74, 6) is -0.195. The average molecular weight is 225 g/mol. The molecule has 16 heavy (non-hydrogen) atoms. The van der Waals surface area contributed by atoms with E-state index in [1.165, 1.54) is 4.90 Å². The van der Waals surface area contributed by atoms with Crippen LogP contribution in [-0.2, 0) is 0 Å². The summed E-state index contributed by atoms with van der Waals surface area (Å²) in [6, 6.07) is 0. The van der Waals surface area contributed by atoms with Crippen molar-refractivity contribution in [3.05, 3.63) is 17.0 Å². The number of aliphatic hydroxyl groups is 2. The Balaban J connectivity index is 2.21. The van der Waals surface area contributed by atoms with Crippen LogP contribution in [0.1, 0.15) is 21.7 Å². The van der Waals surface area contributed by atoms with Gasteiger partial charge in [0.25, 0.3) is 5.91 Å². The molecule has 6 heteroatoms. The van der Waals surface area contributed by atoms with Gasteiger partial charge in [0.05, 0.1) is 23.5 Å². The molecule has 1 amide bonds. The number of H-pyrrole nitrogens is 1. The van der Waals surface area contributed by atoms with E-state index in [2.05, 4.69) is 10.2 Å². The highest BCUT2D eigenvalue weighted by molar-refractivity contribution is 5.96. The van der Waals surface area contributed by atoms with E-state index in [9.17, 15) is 15.0 Å². The van der Waals surface area contributed by atoms with E-state index in [1.54, 1.807) is 13.8 Å². The first-order valence-electron chi connectivity index (χ1n) is 5.17. The summed E-state index contributed by atoms with van der Waals surface area (Å²) in [4.78, 5) is 13.5. The summed E-state index contributed by atoms with van der Waals surface area (Å²) >= 11 is 0. The first kappa shape index (κ1) is 11.1. The molecule has 2 atom stereocenters. The third kappa shape index (κ3) is 1.70. The van der Waals surface area contributed by atoms with Gasteiger partial charge in [0.15, 0.2) is 0 Å². The van der Waals surface area contributed by atoms with Gasteiger partial charge in [0.2, 0.25) is 0 Å². The third-order valence-corrected chi connectivity index (χ3v) is 2.89. The summed E-state index contributed by atoms with van der Waals surface area (Å²) in [5.41, 5.74) is 1.87. The number of hydrogen-bond acceptors (Lipinski definition) is 4. The SMILES string of the molecule is Cc1n[nH]c(C)c1C(=O)N1CC(O)C(O)C1. The molecule has 1 fully saturated rings. The Hall–Kier alpha value is -1.40. The van der Waals surface area contributed by atoms with E-state index in [1.807, 2.05) is 0 Å². The minimum atomic E-state index is -0.850. The van der Waals surface area contributed by atoms with Gasteiger partial charge < -0.3 is 15.1 Å². The van der Waals surface area contributed by atoms with Crippen LogP contribution in [0.4, 0.5) is 0 Å². The summed E-state index contributed by atoms with van der Waals surface area (Å²) in [6.07, 6.45) is -1.70. The van der Waals surface area contributed by atoms with Gasteiger partial charge >= 0.3 is 0 Å². The van der Waals surface area contributed by atoms with Crippen molar-refractivity contribution in [1.82, 2.24) is 15.1 Å². The minimum absolute atomic E-state index is 0.171. The van der Waals surface area contributed by atoms with Crippen molar-refractivity contribution >= 4 is 5.91 Å². The van der Waals surface area contributed by atoms with Gasteiger partial charge in [-0.2, -0.15) is 5.10 Å². The van der Waals surface area contributed by atoms with Crippen LogP contribution in [0.2, 0.25) is 0 Å². The zero-order valence-corrected chi connectivity index (χ0v) is 9.27. The fourth-order valence-corrected chi connectivity index (χ4v) is 1.96. The molecule has 6 nitrogen and oxygen atoms in total. The highest BCUT2D eigenvalue weighted by Gasteiger charge is 2.34. The molecule has 2 rings (SSSR count). The van der Waals surface area contributed by atoms with Gasteiger partial charge in [0.1, 0.15) is 0 Å². The molecule has 1 aliphatic rings. The number of aromatic amines is 1. The highest BCUT2D eigenvalue weighted by atomic mass is 16.3. The Bertz CT molecular complexity index is 386. The Morgan fingerprint density at radius 1 is 1.38 bits per heavy atom. The molecular formula is C10H15N3O3. The topological polar surface area (TPSA) is 89.5 Å². The van der Waals surface area contributed by atoms with E-state index in [4.69, 9.17) is 0 Å². The lowest BCUT2D eigenvalue weighted by Gasteiger charge is -2.15. The largest absolute Gasteiger partial charge is 0.388 e. The van der Waals surface area contributed by atoms with Crippen LogP contribution < -0.4 is 0 Å². The number of β-amino-alcohol motifs (C(OH)–C–C–N with tert-alkyl or cyclic N) is 2. The number of nitrogens with one attached hydrogen (secondary N) is 1. The van der Waals surface area contributed by atoms with Gasteiger partial charge in [-0.3, -0.25) is 9.89 Å². The number of aliphatic hydroxyl groups excluding tert-OH is 2. The third-order valence-electron chi connectivity index (χ3n) is 2.89. The first-order valence-corrected chi connectivity index (χ1v) is 5.17. The number of nitrogens with zero attached hydrogens (tertiary/aromatic N) is 2. The maximum absolute atomic E-state index is 12.1. The Morgan fingerprint density at radius 2 is 1.94 bits per heavy atom. The quantitative estimate of drug-likeness (QED) is 0.584. The van der Waals surface area contributed by atoms with Crippen LogP contribution in [0, 0.1) is 13.8 Å². The molecule has 88 valence electrons. The zero-order chi connectivity index (χ0) is 11.9. The molecule has 0 spiro atoms. The van der Waals surface area contributed by atoms with Gasteiger partial charge in [0, 0.05) is 18.8 Å². The van der Waals surface area contributed by atoms with Gasteiger partial charge in [-0.25, -0.2) is 0 Å². The lowest BCUT2D eigenvalue weighted by Crippen LogP contribution is -2.30.